The summed E-state index contributed by atoms with van der Waals surface area (Å²) in [4.78, 5) is 28.8. The molecule has 1 saturated heterocycles. The first kappa shape index (κ1) is 22.7. The van der Waals surface area contributed by atoms with E-state index in [9.17, 15) is 9.18 Å². The number of amides is 1. The van der Waals surface area contributed by atoms with Gasteiger partial charge in [-0.25, -0.2) is 14.4 Å². The number of imidazole rings is 1. The van der Waals surface area contributed by atoms with Crippen LogP contribution in [0.3, 0.4) is 0 Å². The molecule has 0 aliphatic carbocycles. The van der Waals surface area contributed by atoms with Crippen LogP contribution in [0.5, 0.6) is 11.6 Å². The van der Waals surface area contributed by atoms with Gasteiger partial charge in [0.1, 0.15) is 0 Å². The third-order valence-corrected chi connectivity index (χ3v) is 6.06. The summed E-state index contributed by atoms with van der Waals surface area (Å²) in [7, 11) is 0. The summed E-state index contributed by atoms with van der Waals surface area (Å²) in [6.07, 6.45) is 8.02. The van der Waals surface area contributed by atoms with Gasteiger partial charge in [-0.15, -0.1) is 0 Å². The Balaban J connectivity index is 1.40. The van der Waals surface area contributed by atoms with E-state index in [2.05, 4.69) is 15.0 Å². The number of ether oxygens (including phenoxy) is 1. The highest BCUT2D eigenvalue weighted by Crippen LogP contribution is 2.32. The Morgan fingerprint density at radius 1 is 1.11 bits per heavy atom. The smallest absolute Gasteiger partial charge is 0.254 e. The second-order valence-electron chi connectivity index (χ2n) is 8.68. The lowest BCUT2D eigenvalue weighted by atomic mass is 9.99. The number of piperidine rings is 1. The largest absolute Gasteiger partial charge is 0.436 e. The third-order valence-electron chi connectivity index (χ3n) is 6.06. The Morgan fingerprint density at radius 3 is 2.83 bits per heavy atom. The average molecular weight is 472 g/mol. The van der Waals surface area contributed by atoms with Crippen molar-refractivity contribution in [3.63, 3.8) is 0 Å². The molecule has 35 heavy (non-hydrogen) atoms. The zero-order valence-electron chi connectivity index (χ0n) is 19.5. The number of nitrogens with zero attached hydrogens (tertiary/aromatic N) is 5. The number of likely N-dealkylation sites (tertiary alicyclic amines) is 1. The van der Waals surface area contributed by atoms with Crippen LogP contribution >= 0.6 is 0 Å². The van der Waals surface area contributed by atoms with Gasteiger partial charge in [-0.2, -0.15) is 4.98 Å². The fourth-order valence-corrected chi connectivity index (χ4v) is 4.41. The second-order valence-corrected chi connectivity index (χ2v) is 8.68. The van der Waals surface area contributed by atoms with Crippen LogP contribution in [0.2, 0.25) is 0 Å². The van der Waals surface area contributed by atoms with E-state index in [0.717, 1.165) is 24.8 Å². The molecule has 2 aromatic heterocycles. The highest BCUT2D eigenvalue weighted by Gasteiger charge is 2.31. The molecule has 2 aromatic carbocycles. The number of hydrogen-bond acceptors (Lipinski definition) is 5. The normalized spacial score (nSPS) is 15.7. The molecule has 1 amide bonds. The molecule has 3 heterocycles. The predicted octanol–water partition coefficient (Wildman–Crippen LogP) is 5.33. The molecule has 7 nitrogen and oxygen atoms in total. The Kier molecular flexibility index (Phi) is 6.52. The van der Waals surface area contributed by atoms with Crippen LogP contribution < -0.4 is 4.74 Å². The molecule has 178 valence electrons. The maximum atomic E-state index is 14.1. The fraction of sp³-hybridized carbons (Fsp3) is 0.259. The predicted molar refractivity (Wildman–Crippen MR) is 129 cm³/mol. The first-order valence-corrected chi connectivity index (χ1v) is 11.7. The van der Waals surface area contributed by atoms with Crippen molar-refractivity contribution in [1.82, 2.24) is 24.4 Å². The monoisotopic (exact) mass is 471 g/mol. The third kappa shape index (κ3) is 5.21. The number of para-hydroxylation sites is 1. The lowest BCUT2D eigenvalue weighted by Crippen LogP contribution is -2.39. The van der Waals surface area contributed by atoms with Gasteiger partial charge in [-0.05, 0) is 56.0 Å². The molecule has 1 aliphatic rings. The summed E-state index contributed by atoms with van der Waals surface area (Å²) in [5.74, 6) is 0.360. The first-order chi connectivity index (χ1) is 17.1. The van der Waals surface area contributed by atoms with Gasteiger partial charge in [0.15, 0.2) is 17.4 Å². The van der Waals surface area contributed by atoms with Crippen molar-refractivity contribution in [1.29, 1.82) is 0 Å². The van der Waals surface area contributed by atoms with Crippen molar-refractivity contribution in [3.8, 4) is 11.6 Å². The molecule has 0 unspecified atom stereocenters. The summed E-state index contributed by atoms with van der Waals surface area (Å²) >= 11 is 0. The molecule has 1 aliphatic heterocycles. The summed E-state index contributed by atoms with van der Waals surface area (Å²) in [6.45, 7) is 3.10. The van der Waals surface area contributed by atoms with Gasteiger partial charge in [0.05, 0.1) is 12.4 Å². The van der Waals surface area contributed by atoms with Crippen molar-refractivity contribution >= 4 is 5.91 Å². The molecule has 0 radical (unpaired) electrons. The SMILES string of the molecule is Cc1cc(Oc2ccccc2F)nc([C@@H]2CCCCN2C(=O)c2cccc(Cn3ccnc3)c2)n1. The van der Waals surface area contributed by atoms with Crippen LogP contribution in [0.4, 0.5) is 4.39 Å². The highest BCUT2D eigenvalue weighted by atomic mass is 19.1. The number of rotatable bonds is 6. The van der Waals surface area contributed by atoms with Gasteiger partial charge < -0.3 is 14.2 Å². The van der Waals surface area contributed by atoms with E-state index in [1.54, 1.807) is 36.8 Å². The minimum Gasteiger partial charge on any atom is -0.436 e. The number of carbonyl (C=O) groups excluding carboxylic acids is 1. The minimum absolute atomic E-state index is 0.0520. The van der Waals surface area contributed by atoms with Crippen molar-refractivity contribution in [2.45, 2.75) is 38.8 Å². The number of aromatic nitrogens is 4. The Bertz CT molecular complexity index is 1320. The number of aryl methyl sites for hydroxylation is 1. The van der Waals surface area contributed by atoms with Crippen LogP contribution in [0.15, 0.2) is 73.3 Å². The lowest BCUT2D eigenvalue weighted by Gasteiger charge is -2.35. The highest BCUT2D eigenvalue weighted by molar-refractivity contribution is 5.94. The number of halogens is 1. The summed E-state index contributed by atoms with van der Waals surface area (Å²) in [5, 5.41) is 0. The van der Waals surface area contributed by atoms with Crippen molar-refractivity contribution in [2.75, 3.05) is 6.54 Å². The van der Waals surface area contributed by atoms with Gasteiger partial charge in [-0.1, -0.05) is 24.3 Å². The van der Waals surface area contributed by atoms with Crippen molar-refractivity contribution in [3.05, 3.63) is 102 Å². The van der Waals surface area contributed by atoms with Gasteiger partial charge in [0.25, 0.3) is 5.91 Å². The van der Waals surface area contributed by atoms with E-state index in [4.69, 9.17) is 4.74 Å². The molecular weight excluding hydrogens is 445 g/mol. The average Bonchev–Trinajstić information content (AvgIpc) is 3.38. The first-order valence-electron chi connectivity index (χ1n) is 11.7. The Hall–Kier alpha value is -4.07. The Labute approximate surface area is 203 Å². The zero-order valence-corrected chi connectivity index (χ0v) is 19.5. The number of hydrogen-bond donors (Lipinski definition) is 0. The molecule has 5 rings (SSSR count). The molecule has 4 aromatic rings. The second kappa shape index (κ2) is 10.0. The van der Waals surface area contributed by atoms with E-state index in [1.165, 1.54) is 6.07 Å². The number of benzene rings is 2. The van der Waals surface area contributed by atoms with Crippen molar-refractivity contribution in [2.24, 2.45) is 0 Å². The van der Waals surface area contributed by atoms with Gasteiger partial charge in [-0.3, -0.25) is 4.79 Å². The summed E-state index contributed by atoms with van der Waals surface area (Å²) < 4.78 is 21.8. The minimum atomic E-state index is -0.463. The fourth-order valence-electron chi connectivity index (χ4n) is 4.41. The molecule has 0 spiro atoms. The molecule has 0 saturated carbocycles. The van der Waals surface area contributed by atoms with E-state index in [-0.39, 0.29) is 23.6 Å². The topological polar surface area (TPSA) is 73.1 Å². The van der Waals surface area contributed by atoms with Crippen LogP contribution in [0, 0.1) is 12.7 Å². The van der Waals surface area contributed by atoms with E-state index in [1.807, 2.05) is 46.9 Å². The molecule has 0 bridgehead atoms. The van der Waals surface area contributed by atoms with Crippen LogP contribution in [-0.4, -0.2) is 36.9 Å². The van der Waals surface area contributed by atoms with Crippen LogP contribution in [-0.2, 0) is 6.54 Å². The maximum absolute atomic E-state index is 14.1. The summed E-state index contributed by atoms with van der Waals surface area (Å²) in [5.41, 5.74) is 2.35. The van der Waals surface area contributed by atoms with Crippen LogP contribution in [0.25, 0.3) is 0 Å². The number of carbonyl (C=O) groups is 1. The maximum Gasteiger partial charge on any atom is 0.254 e. The van der Waals surface area contributed by atoms with Gasteiger partial charge >= 0.3 is 0 Å². The van der Waals surface area contributed by atoms with E-state index < -0.39 is 5.82 Å². The Morgan fingerprint density at radius 2 is 2.00 bits per heavy atom. The quantitative estimate of drug-likeness (QED) is 0.380. The molecular formula is C27H26FN5O2. The van der Waals surface area contributed by atoms with Crippen LogP contribution in [0.1, 0.15) is 52.7 Å². The van der Waals surface area contributed by atoms with Gasteiger partial charge in [0.2, 0.25) is 5.88 Å². The van der Waals surface area contributed by atoms with Crippen molar-refractivity contribution < 1.29 is 13.9 Å². The molecule has 1 fully saturated rings. The standard InChI is InChI=1S/C27H26FN5O2/c1-19-15-25(35-24-11-3-2-9-22(24)28)31-26(30-19)23-10-4-5-13-33(23)27(34)21-8-6-7-20(16-21)17-32-14-12-29-18-32/h2-3,6-9,11-12,14-16,18,23H,4-5,10,13,17H2,1H3/t23-/m0/s1. The molecule has 0 N–H and O–H groups in total. The van der Waals surface area contributed by atoms with E-state index in [0.29, 0.717) is 30.2 Å². The molecule has 8 heteroatoms. The lowest BCUT2D eigenvalue weighted by molar-refractivity contribution is 0.0598. The molecule has 1 atom stereocenters. The summed E-state index contributed by atoms with van der Waals surface area (Å²) in [6, 6.07) is 15.3. The van der Waals surface area contributed by atoms with E-state index >= 15 is 0 Å². The van der Waals surface area contributed by atoms with Gasteiger partial charge in [0, 0.05) is 42.8 Å². The zero-order chi connectivity index (χ0) is 24.2.